The molecule has 0 radical (unpaired) electrons. The lowest BCUT2D eigenvalue weighted by Crippen LogP contribution is -2.34. The molecule has 10 heteroatoms. The van der Waals surface area contributed by atoms with Gasteiger partial charge in [-0.3, -0.25) is 4.79 Å². The van der Waals surface area contributed by atoms with Crippen molar-refractivity contribution in [2.75, 3.05) is 30.9 Å². The minimum Gasteiger partial charge on any atom is -0.362 e. The Kier molecular flexibility index (Phi) is 7.56. The first-order chi connectivity index (χ1) is 18.7. The molecule has 2 heterocycles. The summed E-state index contributed by atoms with van der Waals surface area (Å²) < 4.78 is 26.9. The Morgan fingerprint density at radius 1 is 1.00 bits per heavy atom. The number of nitrogens with zero attached hydrogens (tertiary/aromatic N) is 4. The average molecular weight is 547 g/mol. The van der Waals surface area contributed by atoms with E-state index in [0.29, 0.717) is 24.0 Å². The number of aromatic nitrogens is 3. The van der Waals surface area contributed by atoms with Crippen LogP contribution in [0.15, 0.2) is 71.9 Å². The van der Waals surface area contributed by atoms with Gasteiger partial charge in [0.1, 0.15) is 5.82 Å². The van der Waals surface area contributed by atoms with E-state index in [1.54, 1.807) is 24.3 Å². The van der Waals surface area contributed by atoms with Crippen LogP contribution in [-0.4, -0.2) is 54.9 Å². The fourth-order valence-corrected chi connectivity index (χ4v) is 6.19. The highest BCUT2D eigenvalue weighted by atomic mass is 32.2. The largest absolute Gasteiger partial charge is 0.362 e. The number of para-hydroxylation sites is 1. The molecule has 0 aliphatic heterocycles. The van der Waals surface area contributed by atoms with Crippen molar-refractivity contribution in [3.8, 4) is 0 Å². The van der Waals surface area contributed by atoms with Crippen LogP contribution in [0.25, 0.3) is 10.9 Å². The van der Waals surface area contributed by atoms with Crippen molar-refractivity contribution in [2.24, 2.45) is 5.92 Å². The van der Waals surface area contributed by atoms with Crippen molar-refractivity contribution < 1.29 is 13.2 Å². The molecule has 1 aliphatic rings. The molecular formula is C29H34N6O3S. The number of nitrogens with one attached hydrogen (secondary N) is 2. The number of rotatable bonds is 8. The van der Waals surface area contributed by atoms with Gasteiger partial charge in [0.05, 0.1) is 16.0 Å². The van der Waals surface area contributed by atoms with E-state index in [9.17, 15) is 13.2 Å². The molecule has 2 aromatic heterocycles. The van der Waals surface area contributed by atoms with E-state index >= 15 is 0 Å². The summed E-state index contributed by atoms with van der Waals surface area (Å²) >= 11 is 0. The van der Waals surface area contributed by atoms with E-state index in [0.717, 1.165) is 51.9 Å². The molecular weight excluding hydrogens is 512 g/mol. The van der Waals surface area contributed by atoms with E-state index in [1.807, 2.05) is 50.2 Å². The maximum absolute atomic E-state index is 12.9. The van der Waals surface area contributed by atoms with Crippen LogP contribution in [-0.2, 0) is 10.0 Å². The summed E-state index contributed by atoms with van der Waals surface area (Å²) in [5.74, 6) is 1.62. The molecule has 39 heavy (non-hydrogen) atoms. The summed E-state index contributed by atoms with van der Waals surface area (Å²) in [5, 5.41) is 7.53. The molecule has 9 nitrogen and oxygen atoms in total. The van der Waals surface area contributed by atoms with Crippen molar-refractivity contribution in [1.29, 1.82) is 0 Å². The van der Waals surface area contributed by atoms with E-state index in [2.05, 4.69) is 10.6 Å². The summed E-state index contributed by atoms with van der Waals surface area (Å²) in [6.45, 7) is 2.45. The van der Waals surface area contributed by atoms with Crippen LogP contribution in [0, 0.1) is 12.8 Å². The lowest BCUT2D eigenvalue weighted by Gasteiger charge is -2.29. The Bertz CT molecular complexity index is 1570. The van der Waals surface area contributed by atoms with Crippen molar-refractivity contribution in [3.63, 3.8) is 0 Å². The minimum absolute atomic E-state index is 0.188. The fraction of sp³-hybridized carbons (Fsp3) is 0.345. The molecule has 0 atom stereocenters. The van der Waals surface area contributed by atoms with Gasteiger partial charge < -0.3 is 15.5 Å². The first-order valence-electron chi connectivity index (χ1n) is 13.2. The molecule has 2 aromatic carbocycles. The maximum atomic E-state index is 12.9. The number of hydrogen-bond donors (Lipinski definition) is 2. The van der Waals surface area contributed by atoms with Gasteiger partial charge in [-0.1, -0.05) is 29.8 Å². The Balaban J connectivity index is 1.14. The average Bonchev–Trinajstić information content (AvgIpc) is 3.44. The number of amides is 1. The molecule has 1 amide bonds. The number of hydrogen-bond acceptors (Lipinski definition) is 7. The highest BCUT2D eigenvalue weighted by Crippen LogP contribution is 2.28. The van der Waals surface area contributed by atoms with Gasteiger partial charge >= 0.3 is 0 Å². The van der Waals surface area contributed by atoms with E-state index < -0.39 is 10.0 Å². The zero-order valence-corrected chi connectivity index (χ0v) is 23.3. The second kappa shape index (κ2) is 11.1. The molecule has 0 bridgehead atoms. The fourth-order valence-electron chi connectivity index (χ4n) is 4.99. The van der Waals surface area contributed by atoms with Crippen LogP contribution >= 0.6 is 0 Å². The van der Waals surface area contributed by atoms with Crippen LogP contribution in [0.1, 0.15) is 41.6 Å². The lowest BCUT2D eigenvalue weighted by atomic mass is 9.86. The predicted octanol–water partition coefficient (Wildman–Crippen LogP) is 4.44. The van der Waals surface area contributed by atoms with Crippen molar-refractivity contribution in [3.05, 3.63) is 78.1 Å². The molecule has 1 fully saturated rings. The van der Waals surface area contributed by atoms with Gasteiger partial charge in [-0.25, -0.2) is 17.4 Å². The van der Waals surface area contributed by atoms with Gasteiger partial charge in [-0.2, -0.15) is 4.98 Å². The van der Waals surface area contributed by atoms with Gasteiger partial charge in [0, 0.05) is 44.5 Å². The second-order valence-electron chi connectivity index (χ2n) is 10.4. The third kappa shape index (κ3) is 5.90. The Labute approximate surface area is 229 Å². The minimum atomic E-state index is -3.74. The van der Waals surface area contributed by atoms with E-state index in [4.69, 9.17) is 9.97 Å². The molecule has 0 saturated heterocycles. The van der Waals surface area contributed by atoms with Gasteiger partial charge in [0.25, 0.3) is 15.9 Å². The molecule has 4 aromatic rings. The van der Waals surface area contributed by atoms with Crippen LogP contribution in [0.2, 0.25) is 0 Å². The zero-order valence-electron chi connectivity index (χ0n) is 22.5. The highest BCUT2D eigenvalue weighted by Gasteiger charge is 2.24. The summed E-state index contributed by atoms with van der Waals surface area (Å²) in [5.41, 5.74) is 2.22. The van der Waals surface area contributed by atoms with Crippen molar-refractivity contribution >= 4 is 38.6 Å². The normalized spacial score (nSPS) is 17.6. The Morgan fingerprint density at radius 2 is 1.72 bits per heavy atom. The van der Waals surface area contributed by atoms with Gasteiger partial charge in [-0.05, 0) is 68.9 Å². The van der Waals surface area contributed by atoms with Crippen LogP contribution in [0.4, 0.5) is 11.8 Å². The monoisotopic (exact) mass is 546 g/mol. The maximum Gasteiger partial charge on any atom is 0.267 e. The van der Waals surface area contributed by atoms with Crippen LogP contribution in [0.5, 0.6) is 0 Å². The molecule has 5 rings (SSSR count). The van der Waals surface area contributed by atoms with Crippen LogP contribution < -0.4 is 15.5 Å². The molecule has 1 aliphatic carbocycles. The van der Waals surface area contributed by atoms with Crippen molar-refractivity contribution in [2.45, 2.75) is 43.5 Å². The number of carbonyl (C=O) groups is 1. The highest BCUT2D eigenvalue weighted by molar-refractivity contribution is 7.90. The molecule has 0 unspecified atom stereocenters. The number of aryl methyl sites for hydroxylation is 1. The lowest BCUT2D eigenvalue weighted by molar-refractivity contribution is 0.0943. The standard InChI is InChI=1S/C29H34N6O3S/c1-20-8-14-24(15-9-20)39(37,38)35-17-16-22(19-35)28(36)30-18-21-10-12-23(13-11-21)31-29-32-26-7-5-4-6-25(26)27(33-29)34(2)3/h4-9,14-17,19,21,23H,10-13,18H2,1-3H3,(H,30,36)(H,31,32,33). The summed E-state index contributed by atoms with van der Waals surface area (Å²) in [4.78, 5) is 24.4. The molecule has 2 N–H and O–H groups in total. The van der Waals surface area contributed by atoms with E-state index in [-0.39, 0.29) is 16.8 Å². The smallest absolute Gasteiger partial charge is 0.267 e. The van der Waals surface area contributed by atoms with Gasteiger partial charge in [0.2, 0.25) is 5.95 Å². The number of carbonyl (C=O) groups excluding carboxylic acids is 1. The number of anilines is 2. The topological polar surface area (TPSA) is 109 Å². The van der Waals surface area contributed by atoms with Gasteiger partial charge in [-0.15, -0.1) is 0 Å². The molecule has 0 spiro atoms. The SMILES string of the molecule is Cc1ccc(S(=O)(=O)n2ccc(C(=O)NCC3CCC(Nc4nc(N(C)C)c5ccccc5n4)CC3)c2)cc1. The Hall–Kier alpha value is -3.92. The van der Waals surface area contributed by atoms with E-state index in [1.165, 1.54) is 18.5 Å². The number of fused-ring (bicyclic) bond motifs is 1. The Morgan fingerprint density at radius 3 is 2.44 bits per heavy atom. The number of benzene rings is 2. The third-order valence-corrected chi connectivity index (χ3v) is 8.91. The first-order valence-corrected chi connectivity index (χ1v) is 14.6. The molecule has 1 saturated carbocycles. The zero-order chi connectivity index (χ0) is 27.6. The summed E-state index contributed by atoms with van der Waals surface area (Å²) in [6.07, 6.45) is 6.64. The quantitative estimate of drug-likeness (QED) is 0.336. The van der Waals surface area contributed by atoms with Crippen LogP contribution in [0.3, 0.4) is 0 Å². The van der Waals surface area contributed by atoms with Gasteiger partial charge in [0.15, 0.2) is 0 Å². The first kappa shape index (κ1) is 26.7. The summed E-state index contributed by atoms with van der Waals surface area (Å²) in [6, 6.07) is 16.5. The van der Waals surface area contributed by atoms with Crippen molar-refractivity contribution in [1.82, 2.24) is 19.3 Å². The summed E-state index contributed by atoms with van der Waals surface area (Å²) in [7, 11) is 0.225. The molecule has 204 valence electrons. The predicted molar refractivity (Wildman–Crippen MR) is 154 cm³/mol. The third-order valence-electron chi connectivity index (χ3n) is 7.26. The second-order valence-corrected chi connectivity index (χ2v) is 12.2.